The second-order valence-electron chi connectivity index (χ2n) is 6.16. The van der Waals surface area contributed by atoms with Gasteiger partial charge in [0.15, 0.2) is 0 Å². The molecule has 0 aliphatic rings. The summed E-state index contributed by atoms with van der Waals surface area (Å²) in [6.07, 6.45) is 4.74. The van der Waals surface area contributed by atoms with Gasteiger partial charge in [-0.3, -0.25) is 0 Å². The average molecular weight is 335 g/mol. The summed E-state index contributed by atoms with van der Waals surface area (Å²) < 4.78 is 5.66. The molecule has 0 aromatic heterocycles. The van der Waals surface area contributed by atoms with E-state index in [2.05, 4.69) is 13.0 Å². The van der Waals surface area contributed by atoms with Crippen molar-refractivity contribution in [1.82, 2.24) is 0 Å². The van der Waals surface area contributed by atoms with Crippen molar-refractivity contribution in [1.29, 1.82) is 5.26 Å². The lowest BCUT2D eigenvalue weighted by molar-refractivity contribution is 0.0287. The number of hydrogen-bond acceptors (Lipinski definition) is 3. The van der Waals surface area contributed by atoms with Gasteiger partial charge in [-0.05, 0) is 42.5 Å². The first-order valence-corrected chi connectivity index (χ1v) is 8.98. The smallest absolute Gasteiger partial charge is 0.340 e. The number of benzene rings is 2. The number of ether oxygens (including phenoxy) is 1. The second-order valence-corrected chi connectivity index (χ2v) is 6.16. The molecule has 3 nitrogen and oxygen atoms in total. The number of nitriles is 1. The summed E-state index contributed by atoms with van der Waals surface area (Å²) in [5, 5.41) is 9.41. The molecule has 25 heavy (non-hydrogen) atoms. The van der Waals surface area contributed by atoms with E-state index < -0.39 is 5.97 Å². The highest BCUT2D eigenvalue weighted by Crippen LogP contribution is 2.23. The molecule has 1 unspecified atom stereocenters. The molecule has 0 N–H and O–H groups in total. The quantitative estimate of drug-likeness (QED) is 0.466. The number of nitrogens with zero attached hydrogens (tertiary/aromatic N) is 1. The minimum atomic E-state index is -0.438. The summed E-state index contributed by atoms with van der Waals surface area (Å²) in [6, 6.07) is 17.3. The highest BCUT2D eigenvalue weighted by molar-refractivity contribution is 5.92. The minimum Gasteiger partial charge on any atom is -0.454 e. The van der Waals surface area contributed by atoms with Gasteiger partial charge in [-0.15, -0.1) is 0 Å². The molecular weight excluding hydrogens is 310 g/mol. The first kappa shape index (κ1) is 18.7. The fraction of sp³-hybridized carbons (Fsp3) is 0.364. The van der Waals surface area contributed by atoms with Crippen molar-refractivity contribution in [2.45, 2.75) is 52.1 Å². The predicted molar refractivity (Wildman–Crippen MR) is 99.3 cm³/mol. The fourth-order valence-electron chi connectivity index (χ4n) is 2.84. The summed E-state index contributed by atoms with van der Waals surface area (Å²) in [5.74, 6) is -0.438. The van der Waals surface area contributed by atoms with E-state index >= 15 is 0 Å². The van der Waals surface area contributed by atoms with Crippen molar-refractivity contribution in [2.24, 2.45) is 0 Å². The Hall–Kier alpha value is -2.60. The van der Waals surface area contributed by atoms with E-state index in [-0.39, 0.29) is 6.10 Å². The number of rotatable bonds is 8. The Bertz CT molecular complexity index is 731. The van der Waals surface area contributed by atoms with E-state index in [0.29, 0.717) is 17.5 Å². The third-order valence-electron chi connectivity index (χ3n) is 4.28. The first-order chi connectivity index (χ1) is 12.2. The number of hydrogen-bond donors (Lipinski definition) is 0. The molecule has 0 radical (unpaired) electrons. The van der Waals surface area contributed by atoms with Crippen LogP contribution in [-0.2, 0) is 11.2 Å². The summed E-state index contributed by atoms with van der Waals surface area (Å²) >= 11 is 0. The van der Waals surface area contributed by atoms with E-state index in [0.717, 1.165) is 30.4 Å². The van der Waals surface area contributed by atoms with E-state index in [1.54, 1.807) is 6.07 Å². The molecule has 0 aliphatic heterocycles. The van der Waals surface area contributed by atoms with Crippen LogP contribution in [0.25, 0.3) is 0 Å². The van der Waals surface area contributed by atoms with Gasteiger partial charge in [0.25, 0.3) is 0 Å². The van der Waals surface area contributed by atoms with Crippen molar-refractivity contribution < 1.29 is 9.53 Å². The van der Waals surface area contributed by atoms with Crippen LogP contribution in [0.15, 0.2) is 48.5 Å². The molecule has 0 heterocycles. The molecule has 0 saturated heterocycles. The number of carbonyl (C=O) groups excluding carboxylic acids is 1. The van der Waals surface area contributed by atoms with Crippen molar-refractivity contribution in [3.05, 3.63) is 70.8 Å². The summed E-state index contributed by atoms with van der Waals surface area (Å²) in [4.78, 5) is 12.6. The third kappa shape index (κ3) is 5.19. The van der Waals surface area contributed by atoms with E-state index in [4.69, 9.17) is 4.74 Å². The zero-order valence-corrected chi connectivity index (χ0v) is 15.0. The van der Waals surface area contributed by atoms with Crippen LogP contribution in [0.4, 0.5) is 0 Å². The molecule has 0 bridgehead atoms. The average Bonchev–Trinajstić information content (AvgIpc) is 2.66. The fourth-order valence-corrected chi connectivity index (χ4v) is 2.84. The lowest BCUT2D eigenvalue weighted by Crippen LogP contribution is -2.12. The van der Waals surface area contributed by atoms with Gasteiger partial charge in [0.1, 0.15) is 12.2 Å². The second kappa shape index (κ2) is 9.64. The molecule has 2 aromatic rings. The van der Waals surface area contributed by atoms with Gasteiger partial charge in [-0.2, -0.15) is 5.26 Å². The van der Waals surface area contributed by atoms with Crippen molar-refractivity contribution in [3.63, 3.8) is 0 Å². The third-order valence-corrected chi connectivity index (χ3v) is 4.28. The lowest BCUT2D eigenvalue weighted by atomic mass is 10.0. The van der Waals surface area contributed by atoms with Gasteiger partial charge in [-0.25, -0.2) is 4.79 Å². The Morgan fingerprint density at radius 1 is 1.12 bits per heavy atom. The molecular formula is C22H25NO2. The number of unbranched alkanes of at least 4 members (excludes halogenated alkanes) is 2. The van der Waals surface area contributed by atoms with Gasteiger partial charge < -0.3 is 4.74 Å². The van der Waals surface area contributed by atoms with Crippen LogP contribution >= 0.6 is 0 Å². The molecule has 0 amide bonds. The predicted octanol–water partition coefficient (Wildman–Crippen LogP) is 5.60. The topological polar surface area (TPSA) is 50.1 Å². The summed E-state index contributed by atoms with van der Waals surface area (Å²) in [7, 11) is 0. The van der Waals surface area contributed by atoms with E-state index in [9.17, 15) is 10.1 Å². The largest absolute Gasteiger partial charge is 0.454 e. The van der Waals surface area contributed by atoms with Gasteiger partial charge >= 0.3 is 5.97 Å². The van der Waals surface area contributed by atoms with Crippen molar-refractivity contribution in [3.8, 4) is 6.07 Å². The Morgan fingerprint density at radius 3 is 2.52 bits per heavy atom. The van der Waals surface area contributed by atoms with Crippen molar-refractivity contribution >= 4 is 5.97 Å². The zero-order chi connectivity index (χ0) is 18.1. The van der Waals surface area contributed by atoms with Crippen LogP contribution in [0, 0.1) is 11.3 Å². The number of carbonyl (C=O) groups is 1. The molecule has 1 atom stereocenters. The van der Waals surface area contributed by atoms with Crippen LogP contribution in [0.3, 0.4) is 0 Å². The molecule has 0 fully saturated rings. The maximum Gasteiger partial charge on any atom is 0.340 e. The normalized spacial score (nSPS) is 11.6. The van der Waals surface area contributed by atoms with Crippen LogP contribution in [0.1, 0.15) is 72.7 Å². The Labute approximate surface area is 150 Å². The van der Waals surface area contributed by atoms with E-state index in [1.165, 1.54) is 6.42 Å². The van der Waals surface area contributed by atoms with Crippen molar-refractivity contribution in [2.75, 3.05) is 0 Å². The van der Waals surface area contributed by atoms with Crippen LogP contribution in [0.2, 0.25) is 0 Å². The SMILES string of the molecule is CCCCCc1ccc(C(=O)OC(CC)c2ccccc2)c(C#N)c1. The van der Waals surface area contributed by atoms with Gasteiger partial charge in [-0.1, -0.05) is 63.1 Å². The van der Waals surface area contributed by atoms with Crippen LogP contribution in [0.5, 0.6) is 0 Å². The van der Waals surface area contributed by atoms with Crippen LogP contribution < -0.4 is 0 Å². The number of aryl methyl sites for hydroxylation is 1. The Morgan fingerprint density at radius 2 is 1.88 bits per heavy atom. The highest BCUT2D eigenvalue weighted by Gasteiger charge is 2.19. The Kier molecular flexibility index (Phi) is 7.22. The van der Waals surface area contributed by atoms with Gasteiger partial charge in [0, 0.05) is 0 Å². The first-order valence-electron chi connectivity index (χ1n) is 8.98. The molecule has 0 saturated carbocycles. The molecule has 0 spiro atoms. The molecule has 130 valence electrons. The van der Waals surface area contributed by atoms with Gasteiger partial charge in [0.2, 0.25) is 0 Å². The monoisotopic (exact) mass is 335 g/mol. The molecule has 0 aliphatic carbocycles. The number of esters is 1. The van der Waals surface area contributed by atoms with Gasteiger partial charge in [0.05, 0.1) is 11.1 Å². The Balaban J connectivity index is 2.14. The van der Waals surface area contributed by atoms with E-state index in [1.807, 2.05) is 49.4 Å². The van der Waals surface area contributed by atoms with Crippen LogP contribution in [-0.4, -0.2) is 5.97 Å². The minimum absolute atomic E-state index is 0.301. The standard InChI is InChI=1S/C22H25NO2/c1-3-5-7-10-17-13-14-20(19(15-17)16-23)22(24)25-21(4-2)18-11-8-6-9-12-18/h6,8-9,11-15,21H,3-5,7,10H2,1-2H3. The molecule has 3 heteroatoms. The maximum atomic E-state index is 12.6. The zero-order valence-electron chi connectivity index (χ0n) is 15.0. The summed E-state index contributed by atoms with van der Waals surface area (Å²) in [5.41, 5.74) is 2.79. The molecule has 2 aromatic carbocycles. The maximum absolute atomic E-state index is 12.6. The highest BCUT2D eigenvalue weighted by atomic mass is 16.5. The summed E-state index contributed by atoms with van der Waals surface area (Å²) in [6.45, 7) is 4.14. The lowest BCUT2D eigenvalue weighted by Gasteiger charge is -2.17. The molecule has 2 rings (SSSR count).